The van der Waals surface area contributed by atoms with Gasteiger partial charge in [-0.2, -0.15) is 0 Å². The van der Waals surface area contributed by atoms with Crippen LogP contribution in [0.2, 0.25) is 0 Å². The highest BCUT2D eigenvalue weighted by atomic mass is 32.2. The van der Waals surface area contributed by atoms with Crippen LogP contribution in [-0.2, 0) is 10.0 Å². The van der Waals surface area contributed by atoms with Gasteiger partial charge < -0.3 is 5.32 Å². The summed E-state index contributed by atoms with van der Waals surface area (Å²) in [5, 5.41) is 2.74. The minimum atomic E-state index is -3.75. The van der Waals surface area contributed by atoms with E-state index in [0.717, 1.165) is 6.42 Å². The molecular weight excluding hydrogens is 312 g/mol. The summed E-state index contributed by atoms with van der Waals surface area (Å²) < 4.78 is 27.7. The highest BCUT2D eigenvalue weighted by Gasteiger charge is 2.19. The smallest absolute Gasteiger partial charge is 0.262 e. The van der Waals surface area contributed by atoms with E-state index in [2.05, 4.69) is 10.0 Å². The van der Waals surface area contributed by atoms with E-state index in [0.29, 0.717) is 23.4 Å². The van der Waals surface area contributed by atoms with Gasteiger partial charge in [0.15, 0.2) is 0 Å². The number of sulfonamides is 1. The monoisotopic (exact) mass is 332 g/mol. The van der Waals surface area contributed by atoms with Crippen LogP contribution in [0, 0.1) is 6.92 Å². The Balaban J connectivity index is 2.32. The second-order valence-electron chi connectivity index (χ2n) is 5.21. The Kier molecular flexibility index (Phi) is 5.39. The largest absolute Gasteiger partial charge is 0.352 e. The second-order valence-corrected chi connectivity index (χ2v) is 6.86. The maximum Gasteiger partial charge on any atom is 0.262 e. The van der Waals surface area contributed by atoms with Gasteiger partial charge in [-0.05, 0) is 43.2 Å². The summed E-state index contributed by atoms with van der Waals surface area (Å²) in [4.78, 5) is 12.1. The van der Waals surface area contributed by atoms with Crippen LogP contribution < -0.4 is 10.0 Å². The van der Waals surface area contributed by atoms with Gasteiger partial charge in [0.05, 0.1) is 4.90 Å². The number of rotatable bonds is 6. The summed E-state index contributed by atoms with van der Waals surface area (Å²) in [5.74, 6) is -0.275. The number of carbonyl (C=O) groups excluding carboxylic acids is 1. The van der Waals surface area contributed by atoms with E-state index in [9.17, 15) is 13.2 Å². The van der Waals surface area contributed by atoms with Crippen molar-refractivity contribution in [3.63, 3.8) is 0 Å². The lowest BCUT2D eigenvalue weighted by atomic mass is 10.1. The molecule has 0 aliphatic carbocycles. The fraction of sp³-hybridized carbons (Fsp3) is 0.235. The Hall–Kier alpha value is -2.34. The zero-order valence-corrected chi connectivity index (χ0v) is 14.0. The first-order valence-electron chi connectivity index (χ1n) is 7.41. The van der Waals surface area contributed by atoms with Crippen LogP contribution >= 0.6 is 0 Å². The molecule has 23 heavy (non-hydrogen) atoms. The van der Waals surface area contributed by atoms with E-state index in [1.54, 1.807) is 43.3 Å². The maximum absolute atomic E-state index is 12.6. The number of carbonyl (C=O) groups is 1. The predicted molar refractivity (Wildman–Crippen MR) is 91.1 cm³/mol. The molecule has 5 nitrogen and oxygen atoms in total. The number of amides is 1. The molecule has 122 valence electrons. The molecule has 0 saturated carbocycles. The number of para-hydroxylation sites is 1. The Morgan fingerprint density at radius 1 is 1.09 bits per heavy atom. The molecule has 0 fully saturated rings. The van der Waals surface area contributed by atoms with E-state index in [1.807, 2.05) is 13.0 Å². The lowest BCUT2D eigenvalue weighted by Gasteiger charge is -2.12. The van der Waals surface area contributed by atoms with Crippen LogP contribution in [0.5, 0.6) is 0 Å². The lowest BCUT2D eigenvalue weighted by Crippen LogP contribution is -2.24. The van der Waals surface area contributed by atoms with Gasteiger partial charge in [0.1, 0.15) is 0 Å². The normalized spacial score (nSPS) is 11.0. The average molecular weight is 332 g/mol. The summed E-state index contributed by atoms with van der Waals surface area (Å²) in [6.45, 7) is 4.21. The SMILES string of the molecule is CCCNC(=O)c1ccc(C)c(S(=O)(=O)Nc2ccccc2)c1. The van der Waals surface area contributed by atoms with Gasteiger partial charge in [-0.15, -0.1) is 0 Å². The summed E-state index contributed by atoms with van der Waals surface area (Å²) in [6.07, 6.45) is 0.818. The maximum atomic E-state index is 12.6. The average Bonchev–Trinajstić information content (AvgIpc) is 2.53. The van der Waals surface area contributed by atoms with Crippen molar-refractivity contribution < 1.29 is 13.2 Å². The van der Waals surface area contributed by atoms with E-state index in [4.69, 9.17) is 0 Å². The molecule has 0 aliphatic rings. The number of hydrogen-bond donors (Lipinski definition) is 2. The molecule has 0 spiro atoms. The first kappa shape index (κ1) is 17.0. The number of benzene rings is 2. The molecule has 2 rings (SSSR count). The van der Waals surface area contributed by atoms with Crippen molar-refractivity contribution in [3.8, 4) is 0 Å². The van der Waals surface area contributed by atoms with Crippen molar-refractivity contribution in [2.75, 3.05) is 11.3 Å². The highest BCUT2D eigenvalue weighted by molar-refractivity contribution is 7.92. The van der Waals surface area contributed by atoms with Crippen molar-refractivity contribution in [2.45, 2.75) is 25.2 Å². The van der Waals surface area contributed by atoms with Gasteiger partial charge in [-0.3, -0.25) is 9.52 Å². The molecule has 0 radical (unpaired) electrons. The second kappa shape index (κ2) is 7.28. The highest BCUT2D eigenvalue weighted by Crippen LogP contribution is 2.20. The number of anilines is 1. The van der Waals surface area contributed by atoms with E-state index < -0.39 is 10.0 Å². The Labute approximate surface area is 136 Å². The summed E-state index contributed by atoms with van der Waals surface area (Å²) in [5.41, 5.74) is 1.39. The number of hydrogen-bond acceptors (Lipinski definition) is 3. The summed E-state index contributed by atoms with van der Waals surface area (Å²) in [6, 6.07) is 13.3. The molecule has 2 aromatic carbocycles. The van der Waals surface area contributed by atoms with Gasteiger partial charge in [-0.25, -0.2) is 8.42 Å². The molecule has 1 amide bonds. The van der Waals surface area contributed by atoms with E-state index in [1.165, 1.54) is 6.07 Å². The number of aryl methyl sites for hydroxylation is 1. The minimum Gasteiger partial charge on any atom is -0.352 e. The molecule has 0 atom stereocenters. The van der Waals surface area contributed by atoms with Crippen LogP contribution in [-0.4, -0.2) is 20.9 Å². The van der Waals surface area contributed by atoms with Gasteiger partial charge in [0.25, 0.3) is 15.9 Å². The third kappa shape index (κ3) is 4.32. The molecule has 6 heteroatoms. The zero-order chi connectivity index (χ0) is 16.9. The summed E-state index contributed by atoms with van der Waals surface area (Å²) >= 11 is 0. The van der Waals surface area contributed by atoms with Gasteiger partial charge in [-0.1, -0.05) is 31.2 Å². The Bertz CT molecular complexity index is 787. The Morgan fingerprint density at radius 3 is 2.43 bits per heavy atom. The molecule has 0 saturated heterocycles. The van der Waals surface area contributed by atoms with Crippen LogP contribution in [0.4, 0.5) is 5.69 Å². The molecular formula is C17H20N2O3S. The molecule has 0 heterocycles. The molecule has 0 aliphatic heterocycles. The quantitative estimate of drug-likeness (QED) is 0.854. The van der Waals surface area contributed by atoms with E-state index >= 15 is 0 Å². The minimum absolute atomic E-state index is 0.102. The molecule has 2 N–H and O–H groups in total. The predicted octanol–water partition coefficient (Wildman–Crippen LogP) is 2.94. The van der Waals surface area contributed by atoms with Crippen LogP contribution in [0.15, 0.2) is 53.4 Å². The van der Waals surface area contributed by atoms with Crippen molar-refractivity contribution in [1.82, 2.24) is 5.32 Å². The first-order chi connectivity index (χ1) is 10.9. The topological polar surface area (TPSA) is 75.3 Å². The zero-order valence-electron chi connectivity index (χ0n) is 13.2. The van der Waals surface area contributed by atoms with Crippen molar-refractivity contribution in [3.05, 3.63) is 59.7 Å². The van der Waals surface area contributed by atoms with Crippen LogP contribution in [0.1, 0.15) is 29.3 Å². The number of nitrogens with one attached hydrogen (secondary N) is 2. The molecule has 0 unspecified atom stereocenters. The van der Waals surface area contributed by atoms with E-state index in [-0.39, 0.29) is 10.8 Å². The van der Waals surface area contributed by atoms with Crippen LogP contribution in [0.25, 0.3) is 0 Å². The van der Waals surface area contributed by atoms with Gasteiger partial charge in [0.2, 0.25) is 0 Å². The Morgan fingerprint density at radius 2 is 1.78 bits per heavy atom. The standard InChI is InChI=1S/C17H20N2O3S/c1-3-11-18-17(20)14-10-9-13(2)16(12-14)23(21,22)19-15-7-5-4-6-8-15/h4-10,12,19H,3,11H2,1-2H3,(H,18,20). The van der Waals surface area contributed by atoms with Crippen LogP contribution in [0.3, 0.4) is 0 Å². The molecule has 0 aromatic heterocycles. The lowest BCUT2D eigenvalue weighted by molar-refractivity contribution is 0.0953. The first-order valence-corrected chi connectivity index (χ1v) is 8.89. The molecule has 2 aromatic rings. The third-order valence-corrected chi connectivity index (χ3v) is 4.82. The van der Waals surface area contributed by atoms with Gasteiger partial charge >= 0.3 is 0 Å². The van der Waals surface area contributed by atoms with Crippen molar-refractivity contribution in [2.24, 2.45) is 0 Å². The van der Waals surface area contributed by atoms with Gasteiger partial charge in [0, 0.05) is 17.8 Å². The fourth-order valence-corrected chi connectivity index (χ4v) is 3.42. The third-order valence-electron chi connectivity index (χ3n) is 3.30. The van der Waals surface area contributed by atoms with Crippen molar-refractivity contribution in [1.29, 1.82) is 0 Å². The van der Waals surface area contributed by atoms with Crippen molar-refractivity contribution >= 4 is 21.6 Å². The fourth-order valence-electron chi connectivity index (χ4n) is 2.09. The molecule has 0 bridgehead atoms. The summed E-state index contributed by atoms with van der Waals surface area (Å²) in [7, 11) is -3.75.